The van der Waals surface area contributed by atoms with Crippen molar-refractivity contribution in [1.29, 1.82) is 0 Å². The molecule has 0 bridgehead atoms. The van der Waals surface area contributed by atoms with Gasteiger partial charge in [-0.15, -0.1) is 0 Å². The Hall–Kier alpha value is -2.37. The van der Waals surface area contributed by atoms with E-state index in [1.165, 1.54) is 28.8 Å². The average molecular weight is 265 g/mol. The number of hydrogen-bond acceptors (Lipinski definition) is 3. The fraction of sp³-hybridized carbons (Fsp3) is 0.308. The van der Waals surface area contributed by atoms with E-state index < -0.39 is 0 Å². The summed E-state index contributed by atoms with van der Waals surface area (Å²) in [4.78, 5) is 38.4. The second-order valence-electron chi connectivity index (χ2n) is 3.85. The second-order valence-corrected chi connectivity index (χ2v) is 3.85. The van der Waals surface area contributed by atoms with Crippen LogP contribution in [0.5, 0.6) is 0 Å². The molecule has 0 saturated heterocycles. The van der Waals surface area contributed by atoms with Crippen LogP contribution in [0.25, 0.3) is 0 Å². The minimum absolute atomic E-state index is 0.0322. The standard InChI is InChI=1S/C13H19N3O3/c1-6-11(17)14(4)9-16(13(19)8-3)10-15(5)12(18)7-2/h6-8H,1-3,9-10H2,4-5H3. The number of nitrogens with zero attached hydrogens (tertiary/aromatic N) is 3. The number of carbonyl (C=O) groups excluding carboxylic acids is 3. The fourth-order valence-corrected chi connectivity index (χ4v) is 1.28. The first-order valence-electron chi connectivity index (χ1n) is 5.53. The van der Waals surface area contributed by atoms with Gasteiger partial charge in [-0.2, -0.15) is 0 Å². The normalized spacial score (nSPS) is 9.16. The van der Waals surface area contributed by atoms with Gasteiger partial charge in [-0.25, -0.2) is 0 Å². The van der Waals surface area contributed by atoms with Crippen molar-refractivity contribution in [3.05, 3.63) is 38.0 Å². The molecule has 0 aromatic carbocycles. The van der Waals surface area contributed by atoms with Gasteiger partial charge in [0.2, 0.25) is 17.7 Å². The van der Waals surface area contributed by atoms with Crippen LogP contribution in [0.2, 0.25) is 0 Å². The predicted molar refractivity (Wildman–Crippen MR) is 72.7 cm³/mol. The Morgan fingerprint density at radius 3 is 1.37 bits per heavy atom. The van der Waals surface area contributed by atoms with E-state index in [0.29, 0.717) is 0 Å². The first kappa shape index (κ1) is 16.6. The van der Waals surface area contributed by atoms with Crippen LogP contribution in [0, 0.1) is 0 Å². The highest BCUT2D eigenvalue weighted by Gasteiger charge is 2.17. The van der Waals surface area contributed by atoms with E-state index in [0.717, 1.165) is 18.2 Å². The zero-order valence-corrected chi connectivity index (χ0v) is 11.3. The topological polar surface area (TPSA) is 60.9 Å². The molecule has 0 radical (unpaired) electrons. The van der Waals surface area contributed by atoms with E-state index >= 15 is 0 Å². The van der Waals surface area contributed by atoms with Crippen LogP contribution in [-0.2, 0) is 14.4 Å². The largest absolute Gasteiger partial charge is 0.324 e. The second kappa shape index (κ2) is 7.86. The zero-order chi connectivity index (χ0) is 15.0. The van der Waals surface area contributed by atoms with E-state index in [2.05, 4.69) is 19.7 Å². The lowest BCUT2D eigenvalue weighted by molar-refractivity contribution is -0.137. The quantitative estimate of drug-likeness (QED) is 0.488. The smallest absolute Gasteiger partial charge is 0.248 e. The minimum Gasteiger partial charge on any atom is -0.324 e. The summed E-state index contributed by atoms with van der Waals surface area (Å²) in [6.07, 6.45) is 3.42. The number of hydrogen-bond donors (Lipinski definition) is 0. The van der Waals surface area contributed by atoms with Gasteiger partial charge < -0.3 is 14.7 Å². The lowest BCUT2D eigenvalue weighted by atomic mass is 10.4. The van der Waals surface area contributed by atoms with Gasteiger partial charge >= 0.3 is 0 Å². The van der Waals surface area contributed by atoms with Gasteiger partial charge in [-0.05, 0) is 18.2 Å². The molecule has 0 rings (SSSR count). The van der Waals surface area contributed by atoms with Crippen molar-refractivity contribution in [2.75, 3.05) is 27.4 Å². The maximum atomic E-state index is 11.7. The van der Waals surface area contributed by atoms with E-state index in [4.69, 9.17) is 0 Å². The Morgan fingerprint density at radius 1 is 0.789 bits per heavy atom. The van der Waals surface area contributed by atoms with Crippen LogP contribution in [0.4, 0.5) is 0 Å². The van der Waals surface area contributed by atoms with Crippen LogP contribution in [0.15, 0.2) is 38.0 Å². The van der Waals surface area contributed by atoms with Gasteiger partial charge in [0.25, 0.3) is 0 Å². The van der Waals surface area contributed by atoms with Crippen molar-refractivity contribution in [2.24, 2.45) is 0 Å². The van der Waals surface area contributed by atoms with E-state index in [1.54, 1.807) is 0 Å². The number of likely N-dealkylation sites (N-methyl/N-ethyl adjacent to an activating group) is 2. The maximum absolute atomic E-state index is 11.7. The van der Waals surface area contributed by atoms with Gasteiger partial charge in [0.1, 0.15) is 0 Å². The summed E-state index contributed by atoms with van der Waals surface area (Å²) in [6, 6.07) is 0. The molecule has 0 saturated carbocycles. The lowest BCUT2D eigenvalue weighted by Gasteiger charge is -2.30. The van der Waals surface area contributed by atoms with Gasteiger partial charge in [0, 0.05) is 14.1 Å². The highest BCUT2D eigenvalue weighted by molar-refractivity contribution is 5.90. The molecule has 3 amide bonds. The van der Waals surface area contributed by atoms with Gasteiger partial charge in [-0.1, -0.05) is 19.7 Å². The third-order valence-corrected chi connectivity index (χ3v) is 2.35. The molecule has 0 aromatic heterocycles. The zero-order valence-electron chi connectivity index (χ0n) is 11.3. The minimum atomic E-state index is -0.382. The third-order valence-electron chi connectivity index (χ3n) is 2.35. The molecule has 0 atom stereocenters. The van der Waals surface area contributed by atoms with Gasteiger partial charge in [-0.3, -0.25) is 14.4 Å². The lowest BCUT2D eigenvalue weighted by Crippen LogP contribution is -2.47. The van der Waals surface area contributed by atoms with Crippen molar-refractivity contribution in [1.82, 2.24) is 14.7 Å². The van der Waals surface area contributed by atoms with Crippen LogP contribution < -0.4 is 0 Å². The summed E-state index contributed by atoms with van der Waals surface area (Å²) in [6.45, 7) is 10.2. The predicted octanol–water partition coefficient (Wildman–Crippen LogP) is 0.205. The van der Waals surface area contributed by atoms with Crippen molar-refractivity contribution in [2.45, 2.75) is 0 Å². The SMILES string of the molecule is C=CC(=O)N(C)CN(CN(C)C(=O)C=C)C(=O)C=C. The van der Waals surface area contributed by atoms with Crippen molar-refractivity contribution < 1.29 is 14.4 Å². The summed E-state index contributed by atoms with van der Waals surface area (Å²) >= 11 is 0. The molecule has 0 spiro atoms. The molecule has 6 heteroatoms. The Bertz CT molecular complexity index is 376. The van der Waals surface area contributed by atoms with Crippen LogP contribution in [-0.4, -0.2) is 59.9 Å². The molecule has 6 nitrogen and oxygen atoms in total. The molecule has 0 aromatic rings. The average Bonchev–Trinajstić information content (AvgIpc) is 2.43. The van der Waals surface area contributed by atoms with Gasteiger partial charge in [0.15, 0.2) is 0 Å². The van der Waals surface area contributed by atoms with Crippen LogP contribution >= 0.6 is 0 Å². The summed E-state index contributed by atoms with van der Waals surface area (Å²) in [7, 11) is 3.06. The van der Waals surface area contributed by atoms with E-state index in [9.17, 15) is 14.4 Å². The monoisotopic (exact) mass is 265 g/mol. The number of amides is 3. The van der Waals surface area contributed by atoms with Crippen LogP contribution in [0.3, 0.4) is 0 Å². The molecule has 0 unspecified atom stereocenters. The van der Waals surface area contributed by atoms with Gasteiger partial charge in [0.05, 0.1) is 13.3 Å². The highest BCUT2D eigenvalue weighted by atomic mass is 16.2. The first-order chi connectivity index (χ1) is 8.87. The molecule has 0 aliphatic carbocycles. The fourth-order valence-electron chi connectivity index (χ4n) is 1.28. The number of carbonyl (C=O) groups is 3. The Kier molecular flexibility index (Phi) is 6.88. The Morgan fingerprint density at radius 2 is 1.11 bits per heavy atom. The summed E-state index contributed by atoms with van der Waals surface area (Å²) < 4.78 is 0. The summed E-state index contributed by atoms with van der Waals surface area (Å²) in [5, 5.41) is 0. The molecule has 0 N–H and O–H groups in total. The molecule has 0 fully saturated rings. The molecule has 104 valence electrons. The third kappa shape index (κ3) is 5.20. The molecular formula is C13H19N3O3. The summed E-state index contributed by atoms with van der Waals surface area (Å²) in [5.74, 6) is -1.02. The maximum Gasteiger partial charge on any atom is 0.248 e. The molecule has 0 heterocycles. The molecule has 19 heavy (non-hydrogen) atoms. The first-order valence-corrected chi connectivity index (χ1v) is 5.53. The van der Waals surface area contributed by atoms with E-state index in [-0.39, 0.29) is 31.1 Å². The van der Waals surface area contributed by atoms with Crippen molar-refractivity contribution in [3.63, 3.8) is 0 Å². The van der Waals surface area contributed by atoms with Crippen LogP contribution in [0.1, 0.15) is 0 Å². The Labute approximate surface area is 113 Å². The molecule has 0 aliphatic rings. The number of rotatable bonds is 7. The Balaban J connectivity index is 4.82. The summed E-state index contributed by atoms with van der Waals surface area (Å²) in [5.41, 5.74) is 0. The highest BCUT2D eigenvalue weighted by Crippen LogP contribution is 1.99. The van der Waals surface area contributed by atoms with E-state index in [1.807, 2.05) is 0 Å². The van der Waals surface area contributed by atoms with Crippen molar-refractivity contribution in [3.8, 4) is 0 Å². The molecular weight excluding hydrogens is 246 g/mol. The van der Waals surface area contributed by atoms with Crippen molar-refractivity contribution >= 4 is 17.7 Å². The molecule has 0 aliphatic heterocycles.